The zero-order valence-electron chi connectivity index (χ0n) is 12.7. The van der Waals surface area contributed by atoms with Crippen molar-refractivity contribution in [1.29, 1.82) is 0 Å². The van der Waals surface area contributed by atoms with Crippen molar-refractivity contribution in [3.63, 3.8) is 0 Å². The normalized spacial score (nSPS) is 19.9. The Morgan fingerprint density at radius 2 is 1.77 bits per heavy atom. The number of nitrogens with one attached hydrogen (secondary N) is 1. The lowest BCUT2D eigenvalue weighted by atomic mass is 9.74. The first-order valence-corrected chi connectivity index (χ1v) is 8.06. The van der Waals surface area contributed by atoms with Crippen LogP contribution in [0, 0.1) is 5.82 Å². The third-order valence-corrected chi connectivity index (χ3v) is 5.25. The topological polar surface area (TPSA) is 15.3 Å². The van der Waals surface area contributed by atoms with Gasteiger partial charge < -0.3 is 5.32 Å². The van der Waals surface area contributed by atoms with E-state index < -0.39 is 0 Å². The second kappa shape index (κ2) is 5.40. The Labute approximate surface area is 131 Å². The fraction of sp³-hybridized carbons (Fsp3) is 0.368. The highest BCUT2D eigenvalue weighted by atomic mass is 19.1. The Balaban J connectivity index is 1.48. The molecule has 22 heavy (non-hydrogen) atoms. The molecule has 2 aromatic rings. The summed E-state index contributed by atoms with van der Waals surface area (Å²) in [6.07, 6.45) is 2.20. The number of para-hydroxylation sites is 1. The molecular formula is C19H21FN2. The predicted molar refractivity (Wildman–Crippen MR) is 87.5 cm³/mol. The summed E-state index contributed by atoms with van der Waals surface area (Å²) in [6.45, 7) is 4.04. The van der Waals surface area contributed by atoms with E-state index in [2.05, 4.69) is 46.6 Å². The molecule has 2 heterocycles. The van der Waals surface area contributed by atoms with Crippen LogP contribution in [0.5, 0.6) is 0 Å². The van der Waals surface area contributed by atoms with Gasteiger partial charge in [-0.25, -0.2) is 4.39 Å². The van der Waals surface area contributed by atoms with Crippen LogP contribution in [-0.2, 0) is 12.0 Å². The van der Waals surface area contributed by atoms with Crippen molar-refractivity contribution in [3.05, 3.63) is 65.5 Å². The molecule has 0 aromatic heterocycles. The maximum atomic E-state index is 13.9. The average molecular weight is 296 g/mol. The molecule has 1 fully saturated rings. The molecule has 0 radical (unpaired) electrons. The molecule has 2 nitrogen and oxygen atoms in total. The number of nitrogens with zero attached hydrogens (tertiary/aromatic N) is 1. The highest BCUT2D eigenvalue weighted by Crippen LogP contribution is 2.44. The summed E-state index contributed by atoms with van der Waals surface area (Å²) in [5, 5.41) is 3.30. The second-order valence-corrected chi connectivity index (χ2v) is 6.56. The van der Waals surface area contributed by atoms with E-state index in [1.165, 1.54) is 11.1 Å². The van der Waals surface area contributed by atoms with Crippen LogP contribution < -0.4 is 5.32 Å². The molecule has 3 heteroatoms. The van der Waals surface area contributed by atoms with E-state index in [1.54, 1.807) is 6.07 Å². The molecule has 2 aromatic carbocycles. The zero-order valence-corrected chi connectivity index (χ0v) is 12.7. The Morgan fingerprint density at radius 3 is 2.55 bits per heavy atom. The van der Waals surface area contributed by atoms with Gasteiger partial charge in [-0.1, -0.05) is 42.5 Å². The van der Waals surface area contributed by atoms with Gasteiger partial charge in [0.2, 0.25) is 0 Å². The number of hydrogen-bond acceptors (Lipinski definition) is 2. The molecule has 1 saturated heterocycles. The van der Waals surface area contributed by atoms with Gasteiger partial charge in [0.1, 0.15) is 5.82 Å². The molecular weight excluding hydrogens is 275 g/mol. The first-order chi connectivity index (χ1) is 10.8. The molecule has 0 amide bonds. The molecule has 0 atom stereocenters. The van der Waals surface area contributed by atoms with Gasteiger partial charge in [0.15, 0.2) is 0 Å². The van der Waals surface area contributed by atoms with E-state index >= 15 is 0 Å². The quantitative estimate of drug-likeness (QED) is 0.907. The fourth-order valence-electron chi connectivity index (χ4n) is 3.93. The smallest absolute Gasteiger partial charge is 0.146 e. The van der Waals surface area contributed by atoms with E-state index in [0.717, 1.165) is 44.7 Å². The maximum Gasteiger partial charge on any atom is 0.146 e. The molecule has 1 N–H and O–H groups in total. The number of benzene rings is 2. The van der Waals surface area contributed by atoms with Crippen molar-refractivity contribution in [3.8, 4) is 0 Å². The lowest BCUT2D eigenvalue weighted by molar-refractivity contribution is 0.162. The summed E-state index contributed by atoms with van der Waals surface area (Å²) < 4.78 is 13.9. The number of fused-ring (bicyclic) bond motifs is 2. The van der Waals surface area contributed by atoms with Crippen LogP contribution in [0.2, 0.25) is 0 Å². The first kappa shape index (κ1) is 13.8. The predicted octanol–water partition coefficient (Wildman–Crippen LogP) is 3.79. The lowest BCUT2D eigenvalue weighted by Crippen LogP contribution is -2.43. The zero-order chi connectivity index (χ0) is 15.0. The van der Waals surface area contributed by atoms with Gasteiger partial charge in [0, 0.05) is 18.5 Å². The van der Waals surface area contributed by atoms with Crippen LogP contribution in [0.15, 0.2) is 48.5 Å². The highest BCUT2D eigenvalue weighted by Gasteiger charge is 2.42. The van der Waals surface area contributed by atoms with Crippen LogP contribution in [0.3, 0.4) is 0 Å². The van der Waals surface area contributed by atoms with Crippen molar-refractivity contribution >= 4 is 5.69 Å². The average Bonchev–Trinajstić information content (AvgIpc) is 2.91. The monoisotopic (exact) mass is 296 g/mol. The third kappa shape index (κ3) is 2.30. The van der Waals surface area contributed by atoms with E-state index in [0.29, 0.717) is 0 Å². The van der Waals surface area contributed by atoms with Gasteiger partial charge in [-0.15, -0.1) is 0 Å². The lowest BCUT2D eigenvalue weighted by Gasteiger charge is -2.39. The minimum Gasteiger partial charge on any atom is -0.382 e. The first-order valence-electron chi connectivity index (χ1n) is 8.06. The van der Waals surface area contributed by atoms with Crippen LogP contribution in [0.25, 0.3) is 0 Å². The van der Waals surface area contributed by atoms with E-state index in [-0.39, 0.29) is 11.2 Å². The van der Waals surface area contributed by atoms with Gasteiger partial charge in [-0.2, -0.15) is 0 Å². The van der Waals surface area contributed by atoms with Crippen molar-refractivity contribution in [2.45, 2.75) is 24.8 Å². The minimum atomic E-state index is -0.110. The Morgan fingerprint density at radius 1 is 1.00 bits per heavy atom. The summed E-state index contributed by atoms with van der Waals surface area (Å²) in [5.74, 6) is -0.110. The van der Waals surface area contributed by atoms with Gasteiger partial charge in [0.25, 0.3) is 0 Å². The van der Waals surface area contributed by atoms with Crippen LogP contribution in [0.4, 0.5) is 10.1 Å². The van der Waals surface area contributed by atoms with Gasteiger partial charge in [-0.05, 0) is 43.1 Å². The molecule has 0 aliphatic carbocycles. The second-order valence-electron chi connectivity index (χ2n) is 6.56. The van der Waals surface area contributed by atoms with Crippen molar-refractivity contribution < 1.29 is 4.39 Å². The summed E-state index contributed by atoms with van der Waals surface area (Å²) in [7, 11) is 0. The van der Waals surface area contributed by atoms with E-state index in [1.807, 2.05) is 6.07 Å². The maximum absolute atomic E-state index is 13.9. The molecule has 0 bridgehead atoms. The standard InChI is InChI=1S/C19H21FN2/c20-17-8-4-7-16-18(17)21-14-19(16)9-11-22(12-10-19)13-15-5-2-1-3-6-15/h1-8,21H,9-14H2. The molecule has 1 spiro atoms. The molecule has 114 valence electrons. The molecule has 0 unspecified atom stereocenters. The van der Waals surface area contributed by atoms with Crippen molar-refractivity contribution in [2.75, 3.05) is 25.0 Å². The Bertz CT molecular complexity index is 660. The van der Waals surface area contributed by atoms with Gasteiger partial charge in [0.05, 0.1) is 5.69 Å². The molecule has 2 aliphatic rings. The Kier molecular flexibility index (Phi) is 3.38. The largest absolute Gasteiger partial charge is 0.382 e. The number of piperidine rings is 1. The molecule has 2 aliphatic heterocycles. The molecule has 4 rings (SSSR count). The summed E-state index contributed by atoms with van der Waals surface area (Å²) in [4.78, 5) is 2.51. The summed E-state index contributed by atoms with van der Waals surface area (Å²) in [5.41, 5.74) is 3.42. The number of halogens is 1. The molecule has 0 saturated carbocycles. The summed E-state index contributed by atoms with van der Waals surface area (Å²) in [6, 6.07) is 16.1. The fourth-order valence-corrected chi connectivity index (χ4v) is 3.93. The van der Waals surface area contributed by atoms with Gasteiger partial charge in [-0.3, -0.25) is 4.90 Å². The summed E-state index contributed by atoms with van der Waals surface area (Å²) >= 11 is 0. The number of rotatable bonds is 2. The van der Waals surface area contributed by atoms with Crippen LogP contribution in [0.1, 0.15) is 24.0 Å². The highest BCUT2D eigenvalue weighted by molar-refractivity contribution is 5.61. The van der Waals surface area contributed by atoms with Crippen molar-refractivity contribution in [2.24, 2.45) is 0 Å². The SMILES string of the molecule is Fc1cccc2c1NCC21CCN(Cc2ccccc2)CC1. The minimum absolute atomic E-state index is 0.110. The van der Waals surface area contributed by atoms with Crippen LogP contribution in [-0.4, -0.2) is 24.5 Å². The third-order valence-electron chi connectivity index (χ3n) is 5.25. The van der Waals surface area contributed by atoms with E-state index in [9.17, 15) is 4.39 Å². The van der Waals surface area contributed by atoms with Gasteiger partial charge >= 0.3 is 0 Å². The van der Waals surface area contributed by atoms with Crippen molar-refractivity contribution in [1.82, 2.24) is 4.90 Å². The van der Waals surface area contributed by atoms with Crippen LogP contribution >= 0.6 is 0 Å². The Hall–Kier alpha value is -1.87. The number of likely N-dealkylation sites (tertiary alicyclic amines) is 1. The number of anilines is 1. The van der Waals surface area contributed by atoms with E-state index in [4.69, 9.17) is 0 Å². The number of hydrogen-bond donors (Lipinski definition) is 1.